The molecule has 0 atom stereocenters. The van der Waals surface area contributed by atoms with Gasteiger partial charge in [0.05, 0.1) is 0 Å². The molecule has 1 aliphatic rings. The third kappa shape index (κ3) is 1.89. The number of hydrogen-bond acceptors (Lipinski definition) is 0. The molecule has 53 valence electrons. The molecule has 0 nitrogen and oxygen atoms in total. The molecule has 1 aliphatic carbocycles. The van der Waals surface area contributed by atoms with Gasteiger partial charge in [0.15, 0.2) is 0 Å². The van der Waals surface area contributed by atoms with E-state index in [1.165, 1.54) is 25.7 Å². The Hall–Kier alpha value is -0.183. The van der Waals surface area contributed by atoms with Crippen molar-refractivity contribution in [3.8, 4) is 0 Å². The van der Waals surface area contributed by atoms with E-state index in [0.717, 1.165) is 0 Å². The molecule has 0 heterocycles. The maximum atomic E-state index is 2.26. The van der Waals surface area contributed by atoms with Crippen LogP contribution in [0.25, 0.3) is 0 Å². The zero-order valence-electron chi connectivity index (χ0n) is 7.14. The monoisotopic (exact) mass is 139 g/mol. The quantitative estimate of drug-likeness (QED) is 0.483. The second-order valence-electron chi connectivity index (χ2n) is 2.98. The molecule has 0 saturated heterocycles. The largest absolute Gasteiger partial charge is 0.0620 e. The Kier molecular flexibility index (Phi) is 3.24. The molecule has 0 saturated carbocycles. The molecule has 0 amide bonds. The molecule has 0 aromatic heterocycles. The maximum Gasteiger partial charge on any atom is 0 e. The van der Waals surface area contributed by atoms with Gasteiger partial charge in [-0.15, -0.1) is 0 Å². The average molecular weight is 139 g/mol. The van der Waals surface area contributed by atoms with Crippen molar-refractivity contribution in [2.24, 2.45) is 0 Å². The van der Waals surface area contributed by atoms with Crippen molar-refractivity contribution in [1.82, 2.24) is 0 Å². The minimum atomic E-state index is 0. The molecule has 1 radical (unpaired) electrons. The summed E-state index contributed by atoms with van der Waals surface area (Å²) < 4.78 is 0. The average Bonchev–Trinajstić information content (AvgIpc) is 2.05. The predicted octanol–water partition coefficient (Wildman–Crippen LogP) is 2.18. The van der Waals surface area contributed by atoms with Crippen molar-refractivity contribution in [3.05, 3.63) is 35.4 Å². The molecule has 0 fully saturated rings. The summed E-state index contributed by atoms with van der Waals surface area (Å²) in [5.74, 6) is 0. The van der Waals surface area contributed by atoms with Crippen molar-refractivity contribution in [2.45, 2.75) is 25.7 Å². The van der Waals surface area contributed by atoms with Crippen LogP contribution in [0.4, 0.5) is 0 Å². The third-order valence-electron chi connectivity index (χ3n) is 2.26. The van der Waals surface area contributed by atoms with Gasteiger partial charge in [-0.3, -0.25) is 0 Å². The van der Waals surface area contributed by atoms with E-state index in [0.29, 0.717) is 0 Å². The molecule has 0 bridgehead atoms. The van der Waals surface area contributed by atoms with Gasteiger partial charge in [-0.05, 0) is 36.8 Å². The Bertz CT molecular complexity index is 205. The van der Waals surface area contributed by atoms with Gasteiger partial charge < -0.3 is 0 Å². The van der Waals surface area contributed by atoms with Crippen LogP contribution in [-0.4, -0.2) is 18.9 Å². The van der Waals surface area contributed by atoms with Gasteiger partial charge in [-0.1, -0.05) is 24.3 Å². The summed E-state index contributed by atoms with van der Waals surface area (Å²) in [5.41, 5.74) is 3.16. The summed E-state index contributed by atoms with van der Waals surface area (Å²) in [6.07, 6.45) is 5.38. The van der Waals surface area contributed by atoms with E-state index in [1.807, 2.05) is 0 Å². The zero-order chi connectivity index (χ0) is 6.81. The molecule has 11 heavy (non-hydrogen) atoms. The van der Waals surface area contributed by atoms with Gasteiger partial charge in [-0.25, -0.2) is 0 Å². The van der Waals surface area contributed by atoms with Crippen LogP contribution in [0.3, 0.4) is 0 Å². The Morgan fingerprint density at radius 2 is 1.27 bits per heavy atom. The van der Waals surface area contributed by atoms with Crippen molar-refractivity contribution in [2.75, 3.05) is 0 Å². The fourth-order valence-electron chi connectivity index (χ4n) is 1.68. The number of rotatable bonds is 0. The smallest absolute Gasteiger partial charge is 0 e. The van der Waals surface area contributed by atoms with Crippen LogP contribution in [0.5, 0.6) is 0 Å². The molecular formula is C10H12Li. The predicted molar refractivity (Wildman–Crippen MR) is 48.8 cm³/mol. The number of fused-ring (bicyclic) bond motifs is 1. The summed E-state index contributed by atoms with van der Waals surface area (Å²) in [4.78, 5) is 0. The van der Waals surface area contributed by atoms with E-state index in [1.54, 1.807) is 11.1 Å². The minimum Gasteiger partial charge on any atom is -0.0620 e. The van der Waals surface area contributed by atoms with Gasteiger partial charge in [0.25, 0.3) is 0 Å². The fraction of sp³-hybridized carbons (Fsp3) is 0.400. The number of aryl methyl sites for hydroxylation is 2. The topological polar surface area (TPSA) is 0 Å². The van der Waals surface area contributed by atoms with E-state index in [4.69, 9.17) is 0 Å². The number of hydrogen-bond donors (Lipinski definition) is 0. The Balaban J connectivity index is 0.000000605. The summed E-state index contributed by atoms with van der Waals surface area (Å²) in [7, 11) is 0. The number of benzene rings is 1. The van der Waals surface area contributed by atoms with Crippen LogP contribution >= 0.6 is 0 Å². The van der Waals surface area contributed by atoms with E-state index in [2.05, 4.69) is 24.3 Å². The molecule has 1 aromatic carbocycles. The Morgan fingerprint density at radius 3 is 1.73 bits per heavy atom. The SMILES string of the molecule is [Li].c1ccc2c(c1)CCCC2. The van der Waals surface area contributed by atoms with E-state index < -0.39 is 0 Å². The van der Waals surface area contributed by atoms with E-state index in [9.17, 15) is 0 Å². The summed E-state index contributed by atoms with van der Waals surface area (Å²) in [6, 6.07) is 8.80. The summed E-state index contributed by atoms with van der Waals surface area (Å²) >= 11 is 0. The minimum absolute atomic E-state index is 0. The van der Waals surface area contributed by atoms with Crippen molar-refractivity contribution in [3.63, 3.8) is 0 Å². The zero-order valence-corrected chi connectivity index (χ0v) is 7.14. The van der Waals surface area contributed by atoms with Crippen LogP contribution in [-0.2, 0) is 12.8 Å². The van der Waals surface area contributed by atoms with Crippen LogP contribution in [0.1, 0.15) is 24.0 Å². The molecule has 0 aliphatic heterocycles. The normalized spacial score (nSPS) is 14.9. The molecule has 0 N–H and O–H groups in total. The molecule has 2 rings (SSSR count). The van der Waals surface area contributed by atoms with E-state index >= 15 is 0 Å². The van der Waals surface area contributed by atoms with Gasteiger partial charge in [0, 0.05) is 18.9 Å². The van der Waals surface area contributed by atoms with Crippen LogP contribution in [0.15, 0.2) is 24.3 Å². The molecule has 1 heteroatoms. The second-order valence-corrected chi connectivity index (χ2v) is 2.98. The maximum absolute atomic E-state index is 2.26. The molecule has 0 unspecified atom stereocenters. The van der Waals surface area contributed by atoms with Crippen molar-refractivity contribution in [1.29, 1.82) is 0 Å². The third-order valence-corrected chi connectivity index (χ3v) is 2.26. The molecular weight excluding hydrogens is 127 g/mol. The standard InChI is InChI=1S/C10H12.Li/c1-2-6-10-8-4-3-7-9(10)5-1;/h1-2,5-6H,3-4,7-8H2;. The summed E-state index contributed by atoms with van der Waals surface area (Å²) in [6.45, 7) is 0. The Labute approximate surface area is 80.2 Å². The summed E-state index contributed by atoms with van der Waals surface area (Å²) in [5, 5.41) is 0. The first-order valence-corrected chi connectivity index (χ1v) is 4.03. The van der Waals surface area contributed by atoms with Crippen LogP contribution < -0.4 is 0 Å². The fourth-order valence-corrected chi connectivity index (χ4v) is 1.68. The van der Waals surface area contributed by atoms with Gasteiger partial charge in [0.2, 0.25) is 0 Å². The Morgan fingerprint density at radius 1 is 0.818 bits per heavy atom. The van der Waals surface area contributed by atoms with E-state index in [-0.39, 0.29) is 18.9 Å². The molecule has 0 spiro atoms. The van der Waals surface area contributed by atoms with Crippen LogP contribution in [0, 0.1) is 0 Å². The first kappa shape index (κ1) is 8.91. The van der Waals surface area contributed by atoms with Gasteiger partial charge in [0.1, 0.15) is 0 Å². The van der Waals surface area contributed by atoms with Crippen molar-refractivity contribution < 1.29 is 0 Å². The van der Waals surface area contributed by atoms with Gasteiger partial charge in [-0.2, -0.15) is 0 Å². The second kappa shape index (κ2) is 4.00. The van der Waals surface area contributed by atoms with Crippen molar-refractivity contribution >= 4 is 18.9 Å². The first-order valence-electron chi connectivity index (χ1n) is 4.03. The molecule has 1 aromatic rings. The van der Waals surface area contributed by atoms with Crippen LogP contribution in [0.2, 0.25) is 0 Å². The first-order chi connectivity index (χ1) is 4.97. The van der Waals surface area contributed by atoms with Gasteiger partial charge >= 0.3 is 0 Å².